The largest absolute Gasteiger partial charge is 0.462 e. The van der Waals surface area contributed by atoms with Gasteiger partial charge in [-0.3, -0.25) is 4.79 Å². The molecule has 1 aromatic rings. The van der Waals surface area contributed by atoms with Gasteiger partial charge in [-0.25, -0.2) is 14.8 Å². The Balaban J connectivity index is 1.97. The van der Waals surface area contributed by atoms with Gasteiger partial charge in [0.15, 0.2) is 0 Å². The Morgan fingerprint density at radius 3 is 2.61 bits per heavy atom. The quantitative estimate of drug-likeness (QED) is 0.827. The Morgan fingerprint density at radius 1 is 1.35 bits per heavy atom. The first-order valence-electron chi connectivity index (χ1n) is 8.10. The summed E-state index contributed by atoms with van der Waals surface area (Å²) in [4.78, 5) is 34.0. The van der Waals surface area contributed by atoms with Gasteiger partial charge in [-0.15, -0.1) is 0 Å². The molecule has 0 atom stereocenters. The number of nitrogens with zero attached hydrogens (tertiary/aromatic N) is 3. The molecule has 0 spiro atoms. The van der Waals surface area contributed by atoms with Gasteiger partial charge in [0.1, 0.15) is 0 Å². The van der Waals surface area contributed by atoms with Crippen LogP contribution in [0.25, 0.3) is 0 Å². The van der Waals surface area contributed by atoms with Crippen LogP contribution in [0.3, 0.4) is 0 Å². The van der Waals surface area contributed by atoms with Gasteiger partial charge in [0.25, 0.3) is 0 Å². The van der Waals surface area contributed by atoms with Crippen molar-refractivity contribution in [2.45, 2.75) is 46.1 Å². The molecule has 7 heteroatoms. The van der Waals surface area contributed by atoms with Crippen LogP contribution in [0, 0.1) is 6.92 Å². The van der Waals surface area contributed by atoms with Crippen LogP contribution in [0.15, 0.2) is 6.20 Å². The first-order chi connectivity index (χ1) is 11.0. The fourth-order valence-electron chi connectivity index (χ4n) is 2.57. The minimum absolute atomic E-state index is 0.0920. The second kappa shape index (κ2) is 7.89. The van der Waals surface area contributed by atoms with Crippen LogP contribution in [0.4, 0.5) is 5.95 Å². The molecule has 126 valence electrons. The van der Waals surface area contributed by atoms with E-state index in [1.54, 1.807) is 13.8 Å². The zero-order chi connectivity index (χ0) is 16.8. The molecular weight excluding hydrogens is 296 g/mol. The number of aromatic nitrogens is 2. The van der Waals surface area contributed by atoms with Crippen molar-refractivity contribution in [1.82, 2.24) is 15.3 Å². The highest BCUT2D eigenvalue weighted by Gasteiger charge is 2.23. The third-order valence-corrected chi connectivity index (χ3v) is 3.93. The lowest BCUT2D eigenvalue weighted by Gasteiger charge is -2.32. The van der Waals surface area contributed by atoms with Gasteiger partial charge in [0.05, 0.1) is 17.9 Å². The van der Waals surface area contributed by atoms with Crippen LogP contribution in [0.1, 0.15) is 49.2 Å². The van der Waals surface area contributed by atoms with Crippen molar-refractivity contribution in [1.29, 1.82) is 0 Å². The Bertz CT molecular complexity index is 568. The maximum atomic E-state index is 11.8. The summed E-state index contributed by atoms with van der Waals surface area (Å²) in [6, 6.07) is 0.221. The molecule has 0 radical (unpaired) electrons. The molecule has 1 saturated heterocycles. The van der Waals surface area contributed by atoms with Crippen molar-refractivity contribution < 1.29 is 14.3 Å². The molecule has 0 saturated carbocycles. The standard InChI is InChI=1S/C16H24N4O3/c1-4-14(21)19-12-6-8-20(9-7-12)16-17-10-13(11(3)18-16)15(22)23-5-2/h10,12H,4-9H2,1-3H3,(H,19,21). The van der Waals surface area contributed by atoms with Crippen molar-refractivity contribution in [3.63, 3.8) is 0 Å². The van der Waals surface area contributed by atoms with Crippen molar-refractivity contribution in [3.05, 3.63) is 17.5 Å². The molecule has 0 bridgehead atoms. The predicted octanol–water partition coefficient (Wildman–Crippen LogP) is 1.46. The van der Waals surface area contributed by atoms with Gasteiger partial charge >= 0.3 is 5.97 Å². The van der Waals surface area contributed by atoms with Gasteiger partial charge in [0, 0.05) is 31.7 Å². The number of rotatable bonds is 5. The number of carbonyl (C=O) groups is 2. The molecule has 0 unspecified atom stereocenters. The monoisotopic (exact) mass is 320 g/mol. The third-order valence-electron chi connectivity index (χ3n) is 3.93. The van der Waals surface area contributed by atoms with Gasteiger partial charge in [0.2, 0.25) is 11.9 Å². The lowest BCUT2D eigenvalue weighted by Crippen LogP contribution is -2.45. The second-order valence-corrected chi connectivity index (χ2v) is 5.57. The minimum Gasteiger partial charge on any atom is -0.462 e. The summed E-state index contributed by atoms with van der Waals surface area (Å²) < 4.78 is 4.98. The highest BCUT2D eigenvalue weighted by Crippen LogP contribution is 2.18. The highest BCUT2D eigenvalue weighted by molar-refractivity contribution is 5.90. The van der Waals surface area contributed by atoms with Crippen LogP contribution >= 0.6 is 0 Å². The SMILES string of the molecule is CCOC(=O)c1cnc(N2CCC(NC(=O)CC)CC2)nc1C. The van der Waals surface area contributed by atoms with E-state index in [1.807, 2.05) is 6.92 Å². The van der Waals surface area contributed by atoms with E-state index in [9.17, 15) is 9.59 Å². The Kier molecular flexibility index (Phi) is 5.90. The van der Waals surface area contributed by atoms with E-state index in [0.717, 1.165) is 25.9 Å². The summed E-state index contributed by atoms with van der Waals surface area (Å²) in [5.41, 5.74) is 1.02. The molecule has 1 amide bonds. The summed E-state index contributed by atoms with van der Waals surface area (Å²) in [7, 11) is 0. The third kappa shape index (κ3) is 4.40. The van der Waals surface area contributed by atoms with E-state index < -0.39 is 5.97 Å². The van der Waals surface area contributed by atoms with E-state index >= 15 is 0 Å². The first-order valence-corrected chi connectivity index (χ1v) is 8.10. The van der Waals surface area contributed by atoms with E-state index in [1.165, 1.54) is 6.20 Å². The normalized spacial score (nSPS) is 15.3. The van der Waals surface area contributed by atoms with Gasteiger partial charge in [-0.2, -0.15) is 0 Å². The zero-order valence-corrected chi connectivity index (χ0v) is 14.0. The summed E-state index contributed by atoms with van der Waals surface area (Å²) >= 11 is 0. The molecule has 2 heterocycles. The average Bonchev–Trinajstić information content (AvgIpc) is 2.55. The number of nitrogens with one attached hydrogen (secondary N) is 1. The van der Waals surface area contributed by atoms with Crippen molar-refractivity contribution in [3.8, 4) is 0 Å². The number of esters is 1. The molecule has 0 aliphatic carbocycles. The number of anilines is 1. The second-order valence-electron chi connectivity index (χ2n) is 5.57. The highest BCUT2D eigenvalue weighted by atomic mass is 16.5. The van der Waals surface area contributed by atoms with Crippen LogP contribution < -0.4 is 10.2 Å². The fourth-order valence-corrected chi connectivity index (χ4v) is 2.57. The Labute approximate surface area is 136 Å². The molecule has 1 N–H and O–H groups in total. The molecule has 1 aliphatic rings. The molecule has 2 rings (SSSR count). The lowest BCUT2D eigenvalue weighted by molar-refractivity contribution is -0.121. The number of carbonyl (C=O) groups excluding carboxylic acids is 2. The maximum absolute atomic E-state index is 11.8. The Morgan fingerprint density at radius 2 is 2.04 bits per heavy atom. The van der Waals surface area contributed by atoms with E-state index in [2.05, 4.69) is 20.2 Å². The van der Waals surface area contributed by atoms with E-state index in [-0.39, 0.29) is 11.9 Å². The van der Waals surface area contributed by atoms with Crippen molar-refractivity contribution in [2.75, 3.05) is 24.6 Å². The maximum Gasteiger partial charge on any atom is 0.341 e. The molecule has 1 fully saturated rings. The van der Waals surface area contributed by atoms with Gasteiger partial charge in [-0.1, -0.05) is 6.92 Å². The fraction of sp³-hybridized carbons (Fsp3) is 0.625. The number of ether oxygens (including phenoxy) is 1. The molecule has 1 aliphatic heterocycles. The Hall–Kier alpha value is -2.18. The van der Waals surface area contributed by atoms with Crippen LogP contribution in [0.2, 0.25) is 0 Å². The number of hydrogen-bond donors (Lipinski definition) is 1. The zero-order valence-electron chi connectivity index (χ0n) is 14.0. The number of piperidine rings is 1. The smallest absolute Gasteiger partial charge is 0.341 e. The summed E-state index contributed by atoms with van der Waals surface area (Å²) in [6.07, 6.45) is 3.78. The van der Waals surface area contributed by atoms with Gasteiger partial charge in [-0.05, 0) is 26.7 Å². The molecule has 7 nitrogen and oxygen atoms in total. The number of aryl methyl sites for hydroxylation is 1. The van der Waals surface area contributed by atoms with Crippen molar-refractivity contribution >= 4 is 17.8 Å². The molecule has 0 aromatic carbocycles. The number of hydrogen-bond acceptors (Lipinski definition) is 6. The lowest BCUT2D eigenvalue weighted by atomic mass is 10.1. The topological polar surface area (TPSA) is 84.4 Å². The predicted molar refractivity (Wildman–Crippen MR) is 86.4 cm³/mol. The van der Waals surface area contributed by atoms with Crippen molar-refractivity contribution in [2.24, 2.45) is 0 Å². The summed E-state index contributed by atoms with van der Waals surface area (Å²) in [5, 5.41) is 3.02. The minimum atomic E-state index is -0.391. The van der Waals surface area contributed by atoms with Gasteiger partial charge < -0.3 is 15.0 Å². The number of amides is 1. The van der Waals surface area contributed by atoms with E-state index in [4.69, 9.17) is 4.74 Å². The van der Waals surface area contributed by atoms with Crippen LogP contribution in [-0.2, 0) is 9.53 Å². The summed E-state index contributed by atoms with van der Waals surface area (Å²) in [6.45, 7) is 7.30. The van der Waals surface area contributed by atoms with E-state index in [0.29, 0.717) is 30.2 Å². The van der Waals surface area contributed by atoms with Crippen LogP contribution in [0.5, 0.6) is 0 Å². The summed E-state index contributed by atoms with van der Waals surface area (Å²) in [5.74, 6) is 0.322. The molecular formula is C16H24N4O3. The first kappa shape index (κ1) is 17.2. The van der Waals surface area contributed by atoms with Crippen LogP contribution in [-0.4, -0.2) is 47.6 Å². The molecule has 23 heavy (non-hydrogen) atoms. The average molecular weight is 320 g/mol. The molecule has 1 aromatic heterocycles.